The van der Waals surface area contributed by atoms with Gasteiger partial charge in [0, 0.05) is 6.54 Å². The summed E-state index contributed by atoms with van der Waals surface area (Å²) in [6.45, 7) is 3.82. The Balaban J connectivity index is 2.07. The number of hydrogen-bond acceptors (Lipinski definition) is 2. The van der Waals surface area contributed by atoms with Gasteiger partial charge in [0.15, 0.2) is 11.5 Å². The van der Waals surface area contributed by atoms with E-state index in [4.69, 9.17) is 9.47 Å². The summed E-state index contributed by atoms with van der Waals surface area (Å²) in [6, 6.07) is 6.01. The molecule has 1 aromatic rings. The Morgan fingerprint density at radius 2 is 2.19 bits per heavy atom. The molecule has 3 heteroatoms. The van der Waals surface area contributed by atoms with Crippen molar-refractivity contribution in [3.8, 4) is 11.5 Å². The van der Waals surface area contributed by atoms with E-state index in [1.54, 1.807) is 7.11 Å². The van der Waals surface area contributed by atoms with Gasteiger partial charge in [0.05, 0.1) is 13.7 Å². The second-order valence-electron chi connectivity index (χ2n) is 4.17. The fourth-order valence-electron chi connectivity index (χ4n) is 1.91. The van der Waals surface area contributed by atoms with E-state index in [9.17, 15) is 0 Å². The third-order valence-electron chi connectivity index (χ3n) is 2.79. The molecule has 16 heavy (non-hydrogen) atoms. The normalized spacial score (nSPS) is 20.5. The van der Waals surface area contributed by atoms with Crippen LogP contribution in [-0.4, -0.2) is 26.3 Å². The van der Waals surface area contributed by atoms with Crippen molar-refractivity contribution in [2.75, 3.05) is 20.2 Å². The minimum Gasteiger partial charge on any atom is -0.493 e. The minimum absolute atomic E-state index is 0.213. The van der Waals surface area contributed by atoms with E-state index in [0.717, 1.165) is 37.4 Å². The van der Waals surface area contributed by atoms with E-state index >= 15 is 0 Å². The van der Waals surface area contributed by atoms with Crippen LogP contribution in [0.3, 0.4) is 0 Å². The zero-order valence-electron chi connectivity index (χ0n) is 9.90. The van der Waals surface area contributed by atoms with Gasteiger partial charge in [-0.05, 0) is 37.5 Å². The van der Waals surface area contributed by atoms with Crippen LogP contribution in [0.4, 0.5) is 0 Å². The van der Waals surface area contributed by atoms with Crippen molar-refractivity contribution < 1.29 is 9.47 Å². The molecule has 1 radical (unpaired) electrons. The fourth-order valence-corrected chi connectivity index (χ4v) is 1.91. The lowest BCUT2D eigenvalue weighted by molar-refractivity contribution is 0.159. The SMILES string of the molecule is COc1cc(C)ccc1O[C@H]1CCC[N]C1. The molecule has 1 aromatic carbocycles. The zero-order chi connectivity index (χ0) is 11.4. The topological polar surface area (TPSA) is 32.6 Å². The molecule has 1 aliphatic rings. The predicted molar refractivity (Wildman–Crippen MR) is 63.2 cm³/mol. The highest BCUT2D eigenvalue weighted by Gasteiger charge is 2.17. The molecule has 0 saturated carbocycles. The maximum absolute atomic E-state index is 5.91. The van der Waals surface area contributed by atoms with E-state index in [1.807, 2.05) is 25.1 Å². The summed E-state index contributed by atoms with van der Waals surface area (Å²) in [7, 11) is 1.67. The van der Waals surface area contributed by atoms with Crippen LogP contribution in [0.5, 0.6) is 11.5 Å². The molecule has 0 spiro atoms. The van der Waals surface area contributed by atoms with Gasteiger partial charge < -0.3 is 9.47 Å². The quantitative estimate of drug-likeness (QED) is 0.782. The Labute approximate surface area is 96.8 Å². The Hall–Kier alpha value is -1.22. The highest BCUT2D eigenvalue weighted by Crippen LogP contribution is 2.29. The first-order valence-corrected chi connectivity index (χ1v) is 5.74. The van der Waals surface area contributed by atoms with E-state index in [-0.39, 0.29) is 6.10 Å². The summed E-state index contributed by atoms with van der Waals surface area (Å²) in [6.07, 6.45) is 2.42. The number of aryl methyl sites for hydroxylation is 1. The fraction of sp³-hybridized carbons (Fsp3) is 0.538. The predicted octanol–water partition coefficient (Wildman–Crippen LogP) is 2.15. The molecule has 0 bridgehead atoms. The van der Waals surface area contributed by atoms with Gasteiger partial charge in [-0.2, -0.15) is 0 Å². The van der Waals surface area contributed by atoms with Gasteiger partial charge in [-0.25, -0.2) is 5.32 Å². The number of rotatable bonds is 3. The van der Waals surface area contributed by atoms with E-state index in [0.29, 0.717) is 0 Å². The second kappa shape index (κ2) is 5.21. The molecule has 1 saturated heterocycles. The van der Waals surface area contributed by atoms with E-state index < -0.39 is 0 Å². The summed E-state index contributed by atoms with van der Waals surface area (Å²) in [5, 5.41) is 4.36. The molecule has 0 unspecified atom stereocenters. The van der Waals surface area contributed by atoms with Crippen molar-refractivity contribution in [3.05, 3.63) is 23.8 Å². The standard InChI is InChI=1S/C13H18NO2/c1-10-5-6-12(13(8-10)15-2)16-11-4-3-7-14-9-11/h5-6,8,11H,3-4,7,9H2,1-2H3/t11-/m0/s1. The van der Waals surface area contributed by atoms with E-state index in [2.05, 4.69) is 5.32 Å². The molecule has 3 nitrogen and oxygen atoms in total. The number of benzene rings is 1. The first-order valence-electron chi connectivity index (χ1n) is 5.74. The zero-order valence-corrected chi connectivity index (χ0v) is 9.90. The van der Waals surface area contributed by atoms with Crippen molar-refractivity contribution in [3.63, 3.8) is 0 Å². The highest BCUT2D eigenvalue weighted by atomic mass is 16.5. The molecule has 1 atom stereocenters. The number of ether oxygens (including phenoxy) is 2. The highest BCUT2D eigenvalue weighted by molar-refractivity contribution is 5.42. The van der Waals surface area contributed by atoms with E-state index in [1.165, 1.54) is 5.56 Å². The number of methoxy groups -OCH3 is 1. The van der Waals surface area contributed by atoms with Crippen molar-refractivity contribution in [2.24, 2.45) is 0 Å². The van der Waals surface area contributed by atoms with Gasteiger partial charge in [-0.1, -0.05) is 6.07 Å². The third-order valence-corrected chi connectivity index (χ3v) is 2.79. The molecule has 0 aliphatic carbocycles. The Morgan fingerprint density at radius 1 is 1.31 bits per heavy atom. The Morgan fingerprint density at radius 3 is 2.88 bits per heavy atom. The summed E-state index contributed by atoms with van der Waals surface area (Å²) in [5.41, 5.74) is 1.18. The van der Waals surface area contributed by atoms with Crippen LogP contribution in [0, 0.1) is 6.92 Å². The van der Waals surface area contributed by atoms with Gasteiger partial charge >= 0.3 is 0 Å². The van der Waals surface area contributed by atoms with Crippen LogP contribution in [0.25, 0.3) is 0 Å². The molecule has 1 heterocycles. The van der Waals surface area contributed by atoms with Crippen molar-refractivity contribution in [1.82, 2.24) is 5.32 Å². The molecular formula is C13H18NO2. The molecule has 0 aromatic heterocycles. The largest absolute Gasteiger partial charge is 0.493 e. The number of piperidine rings is 1. The molecule has 87 valence electrons. The first kappa shape index (κ1) is 11.3. The lowest BCUT2D eigenvalue weighted by Gasteiger charge is -2.23. The van der Waals surface area contributed by atoms with Crippen LogP contribution >= 0.6 is 0 Å². The number of nitrogens with zero attached hydrogens (tertiary/aromatic N) is 1. The minimum atomic E-state index is 0.213. The maximum Gasteiger partial charge on any atom is 0.161 e. The summed E-state index contributed by atoms with van der Waals surface area (Å²) < 4.78 is 11.2. The van der Waals surface area contributed by atoms with Gasteiger partial charge in [-0.3, -0.25) is 0 Å². The van der Waals surface area contributed by atoms with Crippen molar-refractivity contribution >= 4 is 0 Å². The van der Waals surface area contributed by atoms with Crippen LogP contribution in [0.1, 0.15) is 18.4 Å². The molecule has 0 amide bonds. The lowest BCUT2D eigenvalue weighted by Crippen LogP contribution is -2.33. The average Bonchev–Trinajstić information content (AvgIpc) is 2.33. The summed E-state index contributed by atoms with van der Waals surface area (Å²) in [4.78, 5) is 0. The van der Waals surface area contributed by atoms with Gasteiger partial charge in [0.1, 0.15) is 6.10 Å². The average molecular weight is 220 g/mol. The van der Waals surface area contributed by atoms with Crippen LogP contribution in [0.2, 0.25) is 0 Å². The summed E-state index contributed by atoms with van der Waals surface area (Å²) in [5.74, 6) is 1.64. The molecule has 1 aliphatic heterocycles. The lowest BCUT2D eigenvalue weighted by atomic mass is 10.1. The van der Waals surface area contributed by atoms with Crippen LogP contribution in [0.15, 0.2) is 18.2 Å². The van der Waals surface area contributed by atoms with Gasteiger partial charge in [0.25, 0.3) is 0 Å². The van der Waals surface area contributed by atoms with Crippen molar-refractivity contribution in [2.45, 2.75) is 25.9 Å². The Kier molecular flexibility index (Phi) is 3.67. The van der Waals surface area contributed by atoms with Crippen LogP contribution in [-0.2, 0) is 0 Å². The molecule has 0 N–H and O–H groups in total. The summed E-state index contributed by atoms with van der Waals surface area (Å²) >= 11 is 0. The molecule has 1 fully saturated rings. The van der Waals surface area contributed by atoms with Gasteiger partial charge in [-0.15, -0.1) is 0 Å². The van der Waals surface area contributed by atoms with Crippen molar-refractivity contribution in [1.29, 1.82) is 0 Å². The first-order chi connectivity index (χ1) is 7.79. The monoisotopic (exact) mass is 220 g/mol. The third kappa shape index (κ3) is 2.67. The molecule has 2 rings (SSSR count). The number of hydrogen-bond donors (Lipinski definition) is 0. The second-order valence-corrected chi connectivity index (χ2v) is 4.17. The maximum atomic E-state index is 5.91. The van der Waals surface area contributed by atoms with Gasteiger partial charge in [0.2, 0.25) is 0 Å². The molecular weight excluding hydrogens is 202 g/mol. The van der Waals surface area contributed by atoms with Crippen LogP contribution < -0.4 is 14.8 Å². The smallest absolute Gasteiger partial charge is 0.161 e. The Bertz CT molecular complexity index is 346.